The van der Waals surface area contributed by atoms with Crippen LogP contribution in [0.1, 0.15) is 38.3 Å². The number of nitrogens with zero attached hydrogens (tertiary/aromatic N) is 2. The summed E-state index contributed by atoms with van der Waals surface area (Å²) in [6.07, 6.45) is 2.16. The summed E-state index contributed by atoms with van der Waals surface area (Å²) in [4.78, 5) is 42.1. The monoisotopic (exact) mass is 455 g/mol. The molecule has 0 bridgehead atoms. The molecule has 2 heterocycles. The lowest BCUT2D eigenvalue weighted by Gasteiger charge is -2.38. The fourth-order valence-electron chi connectivity index (χ4n) is 4.34. The highest BCUT2D eigenvalue weighted by Crippen LogP contribution is 2.28. The second kappa shape index (κ2) is 10.4. The van der Waals surface area contributed by atoms with Crippen LogP contribution in [-0.2, 0) is 14.3 Å². The third-order valence-electron chi connectivity index (χ3n) is 6.42. The largest absolute Gasteiger partial charge is 0.463 e. The molecule has 1 saturated carbocycles. The van der Waals surface area contributed by atoms with Crippen LogP contribution in [-0.4, -0.2) is 79.1 Å². The first-order valence-corrected chi connectivity index (χ1v) is 11.8. The SMILES string of the molecule is CCOC(=O)C1=C(CN2CCN(C(C)C(=O)NC3CC3)CC2)NC(=O)NC1c1ccccc1. The van der Waals surface area contributed by atoms with Crippen molar-refractivity contribution in [1.29, 1.82) is 0 Å². The number of benzene rings is 1. The lowest BCUT2D eigenvalue weighted by Crippen LogP contribution is -2.55. The average molecular weight is 456 g/mol. The van der Waals surface area contributed by atoms with E-state index in [0.717, 1.165) is 44.6 Å². The molecule has 1 aromatic carbocycles. The number of ether oxygens (including phenoxy) is 1. The van der Waals surface area contributed by atoms with Gasteiger partial charge in [-0.05, 0) is 32.3 Å². The number of amides is 3. The molecule has 0 aromatic heterocycles. The van der Waals surface area contributed by atoms with Gasteiger partial charge in [0.2, 0.25) is 5.91 Å². The quantitative estimate of drug-likeness (QED) is 0.508. The van der Waals surface area contributed by atoms with Crippen molar-refractivity contribution in [3.05, 3.63) is 47.2 Å². The maximum atomic E-state index is 12.9. The Morgan fingerprint density at radius 2 is 1.85 bits per heavy atom. The molecule has 2 aliphatic heterocycles. The van der Waals surface area contributed by atoms with Gasteiger partial charge >= 0.3 is 12.0 Å². The standard InChI is InChI=1S/C24H33N5O4/c1-3-33-23(31)20-19(26-24(32)27-21(20)17-7-5-4-6-8-17)15-28-11-13-29(14-12-28)16(2)22(30)25-18-9-10-18/h4-8,16,18,21H,3,9-15H2,1-2H3,(H,25,30)(H2,26,27,32). The zero-order valence-electron chi connectivity index (χ0n) is 19.3. The molecule has 4 rings (SSSR count). The maximum Gasteiger partial charge on any atom is 0.338 e. The molecule has 3 amide bonds. The summed E-state index contributed by atoms with van der Waals surface area (Å²) in [6.45, 7) is 7.37. The predicted molar refractivity (Wildman–Crippen MR) is 123 cm³/mol. The zero-order chi connectivity index (χ0) is 23.4. The molecule has 9 nitrogen and oxygen atoms in total. The second-order valence-corrected chi connectivity index (χ2v) is 8.83. The van der Waals surface area contributed by atoms with E-state index in [4.69, 9.17) is 4.74 Å². The van der Waals surface area contributed by atoms with Crippen molar-refractivity contribution in [2.45, 2.75) is 44.8 Å². The molecule has 3 aliphatic rings. The van der Waals surface area contributed by atoms with Crippen molar-refractivity contribution in [3.63, 3.8) is 0 Å². The maximum absolute atomic E-state index is 12.9. The lowest BCUT2D eigenvalue weighted by molar-refractivity contribution is -0.139. The van der Waals surface area contributed by atoms with Crippen LogP contribution in [0.4, 0.5) is 4.79 Å². The van der Waals surface area contributed by atoms with E-state index in [1.54, 1.807) is 6.92 Å². The second-order valence-electron chi connectivity index (χ2n) is 8.83. The Morgan fingerprint density at radius 1 is 1.15 bits per heavy atom. The molecule has 33 heavy (non-hydrogen) atoms. The van der Waals surface area contributed by atoms with Gasteiger partial charge in [-0.3, -0.25) is 14.6 Å². The molecule has 3 N–H and O–H groups in total. The van der Waals surface area contributed by atoms with Crippen LogP contribution in [0.15, 0.2) is 41.6 Å². The number of nitrogens with one attached hydrogen (secondary N) is 3. The summed E-state index contributed by atoms with van der Waals surface area (Å²) in [6, 6.07) is 8.72. The molecule has 1 saturated heterocycles. The van der Waals surface area contributed by atoms with Crippen molar-refractivity contribution >= 4 is 17.9 Å². The van der Waals surface area contributed by atoms with Crippen LogP contribution in [0, 0.1) is 0 Å². The molecule has 1 aromatic rings. The lowest BCUT2D eigenvalue weighted by atomic mass is 9.95. The summed E-state index contributed by atoms with van der Waals surface area (Å²) in [5, 5.41) is 8.78. The first-order chi connectivity index (χ1) is 16.0. The molecule has 2 atom stereocenters. The third kappa shape index (κ3) is 5.72. The van der Waals surface area contributed by atoms with Crippen molar-refractivity contribution in [1.82, 2.24) is 25.8 Å². The van der Waals surface area contributed by atoms with E-state index in [1.165, 1.54) is 0 Å². The van der Waals surface area contributed by atoms with E-state index in [0.29, 0.717) is 23.9 Å². The molecule has 0 spiro atoms. The Kier molecular flexibility index (Phi) is 7.29. The molecule has 2 unspecified atom stereocenters. The van der Waals surface area contributed by atoms with Crippen LogP contribution in [0.5, 0.6) is 0 Å². The van der Waals surface area contributed by atoms with E-state index < -0.39 is 12.0 Å². The first kappa shape index (κ1) is 23.3. The highest BCUT2D eigenvalue weighted by atomic mass is 16.5. The Morgan fingerprint density at radius 3 is 2.48 bits per heavy atom. The zero-order valence-corrected chi connectivity index (χ0v) is 19.3. The molecule has 1 aliphatic carbocycles. The number of piperazine rings is 1. The van der Waals surface area contributed by atoms with Gasteiger partial charge in [-0.2, -0.15) is 0 Å². The van der Waals surface area contributed by atoms with Crippen molar-refractivity contribution < 1.29 is 19.1 Å². The van der Waals surface area contributed by atoms with Crippen LogP contribution < -0.4 is 16.0 Å². The number of carbonyl (C=O) groups excluding carboxylic acids is 3. The van der Waals surface area contributed by atoms with Gasteiger partial charge in [0.1, 0.15) is 0 Å². The minimum absolute atomic E-state index is 0.0922. The molecular formula is C24H33N5O4. The topological polar surface area (TPSA) is 103 Å². The number of hydrogen-bond donors (Lipinski definition) is 3. The summed E-state index contributed by atoms with van der Waals surface area (Å²) in [5.41, 5.74) is 1.83. The minimum Gasteiger partial charge on any atom is -0.463 e. The van der Waals surface area contributed by atoms with Gasteiger partial charge in [0.05, 0.1) is 24.3 Å². The fourth-order valence-corrected chi connectivity index (χ4v) is 4.34. The van der Waals surface area contributed by atoms with Crippen molar-refractivity contribution in [2.75, 3.05) is 39.3 Å². The molecular weight excluding hydrogens is 422 g/mol. The summed E-state index contributed by atoms with van der Waals surface area (Å²) in [5.74, 6) is -0.340. The first-order valence-electron chi connectivity index (χ1n) is 11.8. The Balaban J connectivity index is 1.46. The number of carbonyl (C=O) groups is 3. The summed E-state index contributed by atoms with van der Waals surface area (Å²) < 4.78 is 5.34. The smallest absolute Gasteiger partial charge is 0.338 e. The van der Waals surface area contributed by atoms with Gasteiger partial charge < -0.3 is 20.7 Å². The highest BCUT2D eigenvalue weighted by Gasteiger charge is 2.35. The third-order valence-corrected chi connectivity index (χ3v) is 6.42. The Labute approximate surface area is 194 Å². The minimum atomic E-state index is -0.568. The summed E-state index contributed by atoms with van der Waals surface area (Å²) in [7, 11) is 0. The van der Waals surface area contributed by atoms with E-state index in [-0.39, 0.29) is 24.6 Å². The van der Waals surface area contributed by atoms with Gasteiger partial charge in [0.25, 0.3) is 0 Å². The van der Waals surface area contributed by atoms with Crippen molar-refractivity contribution in [3.8, 4) is 0 Å². The molecule has 0 radical (unpaired) electrons. The van der Waals surface area contributed by atoms with Crippen LogP contribution in [0.2, 0.25) is 0 Å². The number of rotatable bonds is 8. The van der Waals surface area contributed by atoms with E-state index in [1.807, 2.05) is 37.3 Å². The molecule has 9 heteroatoms. The molecule has 2 fully saturated rings. The van der Waals surface area contributed by atoms with E-state index >= 15 is 0 Å². The van der Waals surface area contributed by atoms with Crippen LogP contribution >= 0.6 is 0 Å². The average Bonchev–Trinajstić information content (AvgIpc) is 3.63. The summed E-state index contributed by atoms with van der Waals surface area (Å²) >= 11 is 0. The van der Waals surface area contributed by atoms with Gasteiger partial charge in [0, 0.05) is 44.5 Å². The van der Waals surface area contributed by atoms with Gasteiger partial charge in [0.15, 0.2) is 0 Å². The van der Waals surface area contributed by atoms with Crippen LogP contribution in [0.25, 0.3) is 0 Å². The molecule has 178 valence electrons. The van der Waals surface area contributed by atoms with Crippen molar-refractivity contribution in [2.24, 2.45) is 0 Å². The van der Waals surface area contributed by atoms with Crippen LogP contribution in [0.3, 0.4) is 0 Å². The Bertz CT molecular complexity index is 907. The highest BCUT2D eigenvalue weighted by molar-refractivity contribution is 5.95. The van der Waals surface area contributed by atoms with E-state index in [2.05, 4.69) is 25.8 Å². The normalized spacial score (nSPS) is 22.8. The fraction of sp³-hybridized carbons (Fsp3) is 0.542. The van der Waals surface area contributed by atoms with Gasteiger partial charge in [-0.15, -0.1) is 0 Å². The number of urea groups is 1. The number of hydrogen-bond acceptors (Lipinski definition) is 6. The van der Waals surface area contributed by atoms with Gasteiger partial charge in [-0.25, -0.2) is 9.59 Å². The Hall–Kier alpha value is -2.91. The van der Waals surface area contributed by atoms with Gasteiger partial charge in [-0.1, -0.05) is 30.3 Å². The number of esters is 1. The van der Waals surface area contributed by atoms with E-state index in [9.17, 15) is 14.4 Å². The predicted octanol–water partition coefficient (Wildman–Crippen LogP) is 1.14.